The molecule has 1 rings (SSSR count). The highest BCUT2D eigenvalue weighted by Crippen LogP contribution is 1.99. The van der Waals surface area contributed by atoms with Crippen LogP contribution >= 0.6 is 0 Å². The van der Waals surface area contributed by atoms with Gasteiger partial charge in [-0.2, -0.15) is 0 Å². The molecule has 1 aliphatic heterocycles. The molecule has 2 N–H and O–H groups in total. The number of rotatable bonds is 1. The predicted molar refractivity (Wildman–Crippen MR) is 39.7 cm³/mol. The number of piperazine rings is 1. The van der Waals surface area contributed by atoms with Crippen molar-refractivity contribution in [3.8, 4) is 0 Å². The van der Waals surface area contributed by atoms with Crippen molar-refractivity contribution in [1.82, 2.24) is 10.6 Å². The van der Waals surface area contributed by atoms with E-state index < -0.39 is 0 Å². The third kappa shape index (κ3) is 1.67. The molecule has 0 aromatic carbocycles. The molecule has 0 bridgehead atoms. The Morgan fingerprint density at radius 1 is 1.73 bits per heavy atom. The molecule has 0 aromatic rings. The van der Waals surface area contributed by atoms with Gasteiger partial charge in [0.1, 0.15) is 17.9 Å². The summed E-state index contributed by atoms with van der Waals surface area (Å²) in [6, 6.07) is -0.314. The molecule has 1 aliphatic rings. The Kier molecular flexibility index (Phi) is 2.41. The van der Waals surface area contributed by atoms with Crippen molar-refractivity contribution in [2.75, 3.05) is 6.54 Å². The van der Waals surface area contributed by atoms with Crippen LogP contribution in [0.2, 0.25) is 0 Å². The minimum atomic E-state index is -0.289. The number of aldehydes is 1. The lowest BCUT2D eigenvalue weighted by molar-refractivity contribution is -0.109. The molecular formula is C7H10N2O2. The van der Waals surface area contributed by atoms with Gasteiger partial charge in [0, 0.05) is 6.54 Å². The van der Waals surface area contributed by atoms with Crippen LogP contribution in [-0.2, 0) is 9.59 Å². The zero-order chi connectivity index (χ0) is 8.27. The minimum absolute atomic E-state index is 0.0244. The van der Waals surface area contributed by atoms with E-state index in [4.69, 9.17) is 0 Å². The van der Waals surface area contributed by atoms with Gasteiger partial charge in [0.15, 0.2) is 0 Å². The van der Waals surface area contributed by atoms with Gasteiger partial charge in [-0.05, 0) is 6.92 Å². The van der Waals surface area contributed by atoms with Crippen molar-refractivity contribution in [3.63, 3.8) is 0 Å². The molecule has 1 fully saturated rings. The predicted octanol–water partition coefficient (Wildman–Crippen LogP) is -1.15. The summed E-state index contributed by atoms with van der Waals surface area (Å²) in [6.45, 7) is 2.41. The van der Waals surface area contributed by atoms with E-state index in [1.807, 2.05) is 6.92 Å². The van der Waals surface area contributed by atoms with Crippen molar-refractivity contribution in [2.24, 2.45) is 0 Å². The summed E-state index contributed by atoms with van der Waals surface area (Å²) in [5.41, 5.74) is 0.424. The topological polar surface area (TPSA) is 58.2 Å². The first-order chi connectivity index (χ1) is 5.27. The molecule has 0 aromatic heterocycles. The average Bonchev–Trinajstić information content (AvgIpc) is 2.05. The van der Waals surface area contributed by atoms with Crippen molar-refractivity contribution >= 4 is 12.2 Å². The summed E-state index contributed by atoms with van der Waals surface area (Å²) in [4.78, 5) is 20.5. The van der Waals surface area contributed by atoms with Crippen LogP contribution in [0.25, 0.3) is 0 Å². The largest absolute Gasteiger partial charge is 0.367 e. The summed E-state index contributed by atoms with van der Waals surface area (Å²) < 4.78 is 0. The summed E-state index contributed by atoms with van der Waals surface area (Å²) in [7, 11) is 0. The van der Waals surface area contributed by atoms with E-state index in [1.165, 1.54) is 0 Å². The van der Waals surface area contributed by atoms with E-state index in [-0.39, 0.29) is 12.1 Å². The van der Waals surface area contributed by atoms with Crippen molar-refractivity contribution in [3.05, 3.63) is 5.70 Å². The molecule has 4 heteroatoms. The molecule has 0 amide bonds. The SMILES string of the molecule is CC1NCC(C=O)NC1=C=O. The molecule has 11 heavy (non-hydrogen) atoms. The number of carbonyl (C=O) groups is 1. The summed E-state index contributed by atoms with van der Waals surface area (Å²) >= 11 is 0. The fourth-order valence-electron chi connectivity index (χ4n) is 0.982. The number of nitrogens with one attached hydrogen (secondary N) is 2. The van der Waals surface area contributed by atoms with E-state index in [1.54, 1.807) is 5.94 Å². The highest BCUT2D eigenvalue weighted by molar-refractivity contribution is 5.62. The van der Waals surface area contributed by atoms with Crippen LogP contribution in [0.4, 0.5) is 0 Å². The smallest absolute Gasteiger partial charge is 0.147 e. The van der Waals surface area contributed by atoms with Crippen LogP contribution in [0.15, 0.2) is 5.70 Å². The molecule has 2 unspecified atom stereocenters. The molecule has 0 saturated carbocycles. The average molecular weight is 154 g/mol. The lowest BCUT2D eigenvalue weighted by atomic mass is 10.1. The molecular weight excluding hydrogens is 144 g/mol. The van der Waals surface area contributed by atoms with E-state index in [0.717, 1.165) is 6.29 Å². The molecule has 1 heterocycles. The van der Waals surface area contributed by atoms with Gasteiger partial charge in [0.05, 0.1) is 12.1 Å². The minimum Gasteiger partial charge on any atom is -0.367 e. The molecule has 4 nitrogen and oxygen atoms in total. The quantitative estimate of drug-likeness (QED) is 0.370. The molecule has 0 spiro atoms. The summed E-state index contributed by atoms with van der Waals surface area (Å²) in [5, 5.41) is 5.76. The normalized spacial score (nSPS) is 30.5. The second-order valence-electron chi connectivity index (χ2n) is 2.53. The number of carbonyl (C=O) groups excluding carboxylic acids is 2. The Morgan fingerprint density at radius 2 is 2.45 bits per heavy atom. The monoisotopic (exact) mass is 154 g/mol. The number of hydrogen-bond donors (Lipinski definition) is 2. The van der Waals surface area contributed by atoms with Crippen LogP contribution in [-0.4, -0.2) is 30.9 Å². The van der Waals surface area contributed by atoms with Crippen LogP contribution < -0.4 is 10.6 Å². The van der Waals surface area contributed by atoms with E-state index in [9.17, 15) is 9.59 Å². The maximum Gasteiger partial charge on any atom is 0.147 e. The standard InChI is InChI=1S/C7H10N2O2/c1-5-7(4-11)9-6(3-10)2-8-5/h3,5-6,8-9H,2H2,1H3. The zero-order valence-corrected chi connectivity index (χ0v) is 6.26. The second kappa shape index (κ2) is 3.32. The molecule has 2 atom stereocenters. The second-order valence-corrected chi connectivity index (χ2v) is 2.53. The van der Waals surface area contributed by atoms with Gasteiger partial charge in [-0.3, -0.25) is 0 Å². The Bertz CT molecular complexity index is 208. The van der Waals surface area contributed by atoms with Crippen molar-refractivity contribution < 1.29 is 9.59 Å². The van der Waals surface area contributed by atoms with E-state index >= 15 is 0 Å². The van der Waals surface area contributed by atoms with Gasteiger partial charge in [-0.15, -0.1) is 0 Å². The first-order valence-electron chi connectivity index (χ1n) is 3.48. The Labute approximate surface area is 64.7 Å². The van der Waals surface area contributed by atoms with Crippen molar-refractivity contribution in [1.29, 1.82) is 0 Å². The van der Waals surface area contributed by atoms with Gasteiger partial charge < -0.3 is 15.4 Å². The van der Waals surface area contributed by atoms with E-state index in [2.05, 4.69) is 10.6 Å². The van der Waals surface area contributed by atoms with Crippen LogP contribution in [0.5, 0.6) is 0 Å². The Balaban J connectivity index is 2.65. The Morgan fingerprint density at radius 3 is 3.00 bits per heavy atom. The summed E-state index contributed by atoms with van der Waals surface area (Å²) in [5.74, 6) is 1.75. The lowest BCUT2D eigenvalue weighted by Gasteiger charge is -2.26. The van der Waals surface area contributed by atoms with Gasteiger partial charge in [0.2, 0.25) is 0 Å². The lowest BCUT2D eigenvalue weighted by Crippen LogP contribution is -2.52. The maximum atomic E-state index is 10.3. The first-order valence-corrected chi connectivity index (χ1v) is 3.48. The van der Waals surface area contributed by atoms with Gasteiger partial charge in [-0.25, -0.2) is 4.79 Å². The fourth-order valence-corrected chi connectivity index (χ4v) is 0.982. The highest BCUT2D eigenvalue weighted by Gasteiger charge is 2.20. The van der Waals surface area contributed by atoms with E-state index in [0.29, 0.717) is 12.2 Å². The van der Waals surface area contributed by atoms with Crippen molar-refractivity contribution in [2.45, 2.75) is 19.0 Å². The maximum absolute atomic E-state index is 10.3. The van der Waals surface area contributed by atoms with Crippen LogP contribution in [0, 0.1) is 0 Å². The Hall–Kier alpha value is -1.12. The molecule has 60 valence electrons. The van der Waals surface area contributed by atoms with Crippen LogP contribution in [0.3, 0.4) is 0 Å². The highest BCUT2D eigenvalue weighted by atomic mass is 16.1. The first kappa shape index (κ1) is 7.98. The fraction of sp³-hybridized carbons (Fsp3) is 0.571. The third-order valence-electron chi connectivity index (χ3n) is 1.69. The number of hydrogen-bond acceptors (Lipinski definition) is 4. The molecule has 0 radical (unpaired) electrons. The van der Waals surface area contributed by atoms with Gasteiger partial charge in [-0.1, -0.05) is 0 Å². The van der Waals surface area contributed by atoms with Crippen LogP contribution in [0.1, 0.15) is 6.92 Å². The summed E-state index contributed by atoms with van der Waals surface area (Å²) in [6.07, 6.45) is 0.774. The molecule has 1 saturated heterocycles. The zero-order valence-electron chi connectivity index (χ0n) is 6.26. The third-order valence-corrected chi connectivity index (χ3v) is 1.69. The van der Waals surface area contributed by atoms with Gasteiger partial charge >= 0.3 is 0 Å². The molecule has 0 aliphatic carbocycles. The van der Waals surface area contributed by atoms with Gasteiger partial charge in [0.25, 0.3) is 0 Å².